The molecule has 2 aliphatic heterocycles. The van der Waals surface area contributed by atoms with Gasteiger partial charge < -0.3 is 19.5 Å². The summed E-state index contributed by atoms with van der Waals surface area (Å²) in [5, 5.41) is 9.60. The number of ether oxygens (including phenoxy) is 2. The van der Waals surface area contributed by atoms with Gasteiger partial charge in [-0.3, -0.25) is 4.90 Å². The summed E-state index contributed by atoms with van der Waals surface area (Å²) in [4.78, 5) is 5.03. The maximum atomic E-state index is 9.60. The number of aliphatic hydroxyl groups excluding tert-OH is 1. The van der Waals surface area contributed by atoms with Gasteiger partial charge in [0.05, 0.1) is 19.3 Å². The fraction of sp³-hybridized carbons (Fsp3) is 0.700. The van der Waals surface area contributed by atoms with Crippen LogP contribution in [-0.2, 0) is 17.9 Å². The highest BCUT2D eigenvalue weighted by atomic mass is 16.5. The van der Waals surface area contributed by atoms with E-state index in [4.69, 9.17) is 9.47 Å². The van der Waals surface area contributed by atoms with Gasteiger partial charge in [0, 0.05) is 38.3 Å². The van der Waals surface area contributed by atoms with E-state index in [1.165, 1.54) is 31.5 Å². The number of hydrogen-bond donors (Lipinski definition) is 1. The molecule has 2 heterocycles. The van der Waals surface area contributed by atoms with Crippen molar-refractivity contribution in [3.05, 3.63) is 29.3 Å². The first-order chi connectivity index (χ1) is 12.3. The van der Waals surface area contributed by atoms with Gasteiger partial charge in [-0.05, 0) is 57.0 Å². The number of rotatable bonds is 7. The van der Waals surface area contributed by atoms with Crippen molar-refractivity contribution in [1.82, 2.24) is 9.80 Å². The van der Waals surface area contributed by atoms with Crippen molar-refractivity contribution < 1.29 is 14.6 Å². The Labute approximate surface area is 151 Å². The maximum absolute atomic E-state index is 9.60. The molecule has 1 unspecified atom stereocenters. The van der Waals surface area contributed by atoms with Gasteiger partial charge in [0.25, 0.3) is 0 Å². The molecule has 2 saturated heterocycles. The predicted octanol–water partition coefficient (Wildman–Crippen LogP) is 2.26. The molecule has 1 atom stereocenters. The Morgan fingerprint density at radius 2 is 1.96 bits per heavy atom. The van der Waals surface area contributed by atoms with Gasteiger partial charge >= 0.3 is 0 Å². The number of likely N-dealkylation sites (tertiary alicyclic amines) is 1. The van der Waals surface area contributed by atoms with E-state index in [2.05, 4.69) is 21.9 Å². The molecular weight excluding hydrogens is 316 g/mol. The molecule has 0 bridgehead atoms. The molecule has 0 spiro atoms. The minimum absolute atomic E-state index is 0.0177. The Bertz CT molecular complexity index is 532. The van der Waals surface area contributed by atoms with E-state index < -0.39 is 0 Å². The van der Waals surface area contributed by atoms with Crippen LogP contribution in [0, 0.1) is 0 Å². The van der Waals surface area contributed by atoms with E-state index in [9.17, 15) is 5.11 Å². The molecule has 3 rings (SSSR count). The third-order valence-electron chi connectivity index (χ3n) is 5.10. The molecule has 0 aromatic heterocycles. The van der Waals surface area contributed by atoms with Crippen LogP contribution in [0.2, 0.25) is 0 Å². The molecular formula is C20H32N2O3. The summed E-state index contributed by atoms with van der Waals surface area (Å²) >= 11 is 0. The molecule has 2 aliphatic rings. The van der Waals surface area contributed by atoms with Crippen LogP contribution in [0.25, 0.3) is 0 Å². The molecule has 0 radical (unpaired) electrons. The number of nitrogens with zero attached hydrogens (tertiary/aromatic N) is 2. The second-order valence-electron chi connectivity index (χ2n) is 7.12. The highest BCUT2D eigenvalue weighted by Crippen LogP contribution is 2.22. The van der Waals surface area contributed by atoms with Crippen LogP contribution in [0.5, 0.6) is 5.75 Å². The summed E-state index contributed by atoms with van der Waals surface area (Å²) in [6, 6.07) is 6.18. The van der Waals surface area contributed by atoms with Crippen molar-refractivity contribution in [3.63, 3.8) is 0 Å². The summed E-state index contributed by atoms with van der Waals surface area (Å²) in [5.41, 5.74) is 2.10. The molecule has 1 aromatic carbocycles. The van der Waals surface area contributed by atoms with Crippen LogP contribution in [0.4, 0.5) is 0 Å². The normalized spacial score (nSPS) is 22.9. The lowest BCUT2D eigenvalue weighted by molar-refractivity contribution is 0.0308. The minimum atomic E-state index is 0.0177. The fourth-order valence-corrected chi connectivity index (χ4v) is 3.89. The molecule has 0 aliphatic carbocycles. The Morgan fingerprint density at radius 1 is 1.16 bits per heavy atom. The first-order valence-corrected chi connectivity index (χ1v) is 9.70. The van der Waals surface area contributed by atoms with Crippen molar-refractivity contribution >= 4 is 0 Å². The third kappa shape index (κ3) is 5.42. The fourth-order valence-electron chi connectivity index (χ4n) is 3.89. The molecule has 0 amide bonds. The van der Waals surface area contributed by atoms with Crippen molar-refractivity contribution in [2.75, 3.05) is 45.9 Å². The molecule has 140 valence electrons. The van der Waals surface area contributed by atoms with Gasteiger partial charge in [-0.2, -0.15) is 0 Å². The van der Waals surface area contributed by atoms with E-state index in [-0.39, 0.29) is 6.61 Å². The van der Waals surface area contributed by atoms with Gasteiger partial charge in [0.1, 0.15) is 5.75 Å². The zero-order valence-electron chi connectivity index (χ0n) is 15.5. The lowest BCUT2D eigenvalue weighted by Crippen LogP contribution is -2.39. The van der Waals surface area contributed by atoms with E-state index in [1.807, 2.05) is 13.0 Å². The van der Waals surface area contributed by atoms with E-state index in [1.54, 1.807) is 0 Å². The Balaban J connectivity index is 1.60. The van der Waals surface area contributed by atoms with Crippen molar-refractivity contribution in [2.45, 2.75) is 45.4 Å². The van der Waals surface area contributed by atoms with Crippen LogP contribution >= 0.6 is 0 Å². The number of hydrogen-bond acceptors (Lipinski definition) is 5. The maximum Gasteiger partial charge on any atom is 0.124 e. The molecule has 1 aromatic rings. The summed E-state index contributed by atoms with van der Waals surface area (Å²) < 4.78 is 11.7. The lowest BCUT2D eigenvalue weighted by Gasteiger charge is -2.27. The van der Waals surface area contributed by atoms with Crippen LogP contribution < -0.4 is 4.74 Å². The summed E-state index contributed by atoms with van der Waals surface area (Å²) in [6.45, 7) is 9.92. The van der Waals surface area contributed by atoms with Crippen LogP contribution in [0.3, 0.4) is 0 Å². The van der Waals surface area contributed by atoms with E-state index in [0.29, 0.717) is 12.7 Å². The second kappa shape index (κ2) is 9.53. The highest BCUT2D eigenvalue weighted by molar-refractivity contribution is 5.37. The van der Waals surface area contributed by atoms with Crippen LogP contribution in [-0.4, -0.2) is 66.9 Å². The quantitative estimate of drug-likeness (QED) is 0.819. The van der Waals surface area contributed by atoms with E-state index >= 15 is 0 Å². The first-order valence-electron chi connectivity index (χ1n) is 9.70. The summed E-state index contributed by atoms with van der Waals surface area (Å²) in [6.07, 6.45) is 4.04. The smallest absolute Gasteiger partial charge is 0.124 e. The largest absolute Gasteiger partial charge is 0.494 e. The molecule has 5 nitrogen and oxygen atoms in total. The summed E-state index contributed by atoms with van der Waals surface area (Å²) in [5.74, 6) is 0.792. The Kier molecular flexibility index (Phi) is 7.11. The molecule has 0 saturated carbocycles. The SMILES string of the molecule is CCOc1ccc(CN2CCCOC(CN3CCCC3)C2)cc1CO. The average molecular weight is 348 g/mol. The zero-order valence-corrected chi connectivity index (χ0v) is 15.5. The third-order valence-corrected chi connectivity index (χ3v) is 5.10. The van der Waals surface area contributed by atoms with Gasteiger partial charge in [0.15, 0.2) is 0 Å². The monoisotopic (exact) mass is 348 g/mol. The molecule has 1 N–H and O–H groups in total. The highest BCUT2D eigenvalue weighted by Gasteiger charge is 2.23. The predicted molar refractivity (Wildman–Crippen MR) is 98.8 cm³/mol. The standard InChI is InChI=1S/C20H32N2O3/c1-2-24-20-7-6-17(12-18(20)16-23)13-22-10-5-11-25-19(15-22)14-21-8-3-4-9-21/h6-7,12,19,23H,2-5,8-11,13-16H2,1H3. The number of aliphatic hydroxyl groups is 1. The van der Waals surface area contributed by atoms with Crippen LogP contribution in [0.15, 0.2) is 18.2 Å². The van der Waals surface area contributed by atoms with Gasteiger partial charge in [-0.25, -0.2) is 0 Å². The van der Waals surface area contributed by atoms with E-state index in [0.717, 1.165) is 50.5 Å². The second-order valence-corrected chi connectivity index (χ2v) is 7.12. The average Bonchev–Trinajstić information content (AvgIpc) is 3.03. The van der Waals surface area contributed by atoms with Crippen LogP contribution in [0.1, 0.15) is 37.3 Å². The molecule has 5 heteroatoms. The minimum Gasteiger partial charge on any atom is -0.494 e. The lowest BCUT2D eigenvalue weighted by atomic mass is 10.1. The number of benzene rings is 1. The van der Waals surface area contributed by atoms with Crippen molar-refractivity contribution in [2.24, 2.45) is 0 Å². The zero-order chi connectivity index (χ0) is 17.5. The topological polar surface area (TPSA) is 45.2 Å². The Hall–Kier alpha value is -1.14. The molecule has 2 fully saturated rings. The van der Waals surface area contributed by atoms with Crippen molar-refractivity contribution in [3.8, 4) is 5.75 Å². The van der Waals surface area contributed by atoms with Crippen molar-refractivity contribution in [1.29, 1.82) is 0 Å². The molecule has 25 heavy (non-hydrogen) atoms. The first kappa shape index (κ1) is 18.6. The van der Waals surface area contributed by atoms with Gasteiger partial charge in [0.2, 0.25) is 0 Å². The summed E-state index contributed by atoms with van der Waals surface area (Å²) in [7, 11) is 0. The Morgan fingerprint density at radius 3 is 2.72 bits per heavy atom. The van der Waals surface area contributed by atoms with Gasteiger partial charge in [-0.1, -0.05) is 6.07 Å². The van der Waals surface area contributed by atoms with Gasteiger partial charge in [-0.15, -0.1) is 0 Å².